The van der Waals surface area contributed by atoms with Gasteiger partial charge >= 0.3 is 6.09 Å². The molecule has 0 spiro atoms. The molecule has 11 heteroatoms. The van der Waals surface area contributed by atoms with Gasteiger partial charge in [0.2, 0.25) is 17.7 Å². The molecule has 1 saturated heterocycles. The van der Waals surface area contributed by atoms with Crippen molar-refractivity contribution in [2.24, 2.45) is 28.2 Å². The van der Waals surface area contributed by atoms with Crippen molar-refractivity contribution in [3.8, 4) is 0 Å². The van der Waals surface area contributed by atoms with Crippen LogP contribution < -0.4 is 27.4 Å². The van der Waals surface area contributed by atoms with Crippen molar-refractivity contribution in [2.75, 3.05) is 6.54 Å². The summed E-state index contributed by atoms with van der Waals surface area (Å²) in [5, 5.41) is 7.96. The molecule has 7 N–H and O–H groups in total. The molecular formula is C22H39N5O6. The summed E-state index contributed by atoms with van der Waals surface area (Å²) in [5.41, 5.74) is 9.45. The van der Waals surface area contributed by atoms with Crippen LogP contribution in [0.3, 0.4) is 0 Å². The summed E-state index contributed by atoms with van der Waals surface area (Å²) >= 11 is 0. The minimum absolute atomic E-state index is 0.0679. The van der Waals surface area contributed by atoms with Crippen LogP contribution in [0, 0.1) is 16.7 Å². The van der Waals surface area contributed by atoms with Crippen LogP contribution in [0.25, 0.3) is 0 Å². The van der Waals surface area contributed by atoms with Crippen molar-refractivity contribution in [3.63, 3.8) is 0 Å². The number of ether oxygens (including phenoxy) is 1. The molecule has 4 unspecified atom stereocenters. The molecule has 0 aromatic heterocycles. The lowest BCUT2D eigenvalue weighted by atomic mass is 9.85. The monoisotopic (exact) mass is 469 g/mol. The number of amides is 5. The number of carbonyl (C=O) groups excluding carboxylic acids is 5. The van der Waals surface area contributed by atoms with E-state index in [0.29, 0.717) is 13.0 Å². The SMILES string of the molecule is CC(C)(C)CC(NC(=O)C(OC(N)=O)C(C)(C)C)C(=O)NC(CC1CCCNC1=O)C(N)=O. The summed E-state index contributed by atoms with van der Waals surface area (Å²) in [6.45, 7) is 11.3. The molecule has 1 rings (SSSR count). The Morgan fingerprint density at radius 3 is 2.06 bits per heavy atom. The normalized spacial score (nSPS) is 19.5. The number of hydrogen-bond donors (Lipinski definition) is 5. The summed E-state index contributed by atoms with van der Waals surface area (Å²) in [7, 11) is 0. The Labute approximate surface area is 195 Å². The van der Waals surface area contributed by atoms with E-state index < -0.39 is 53.3 Å². The van der Waals surface area contributed by atoms with Crippen LogP contribution in [0.4, 0.5) is 4.79 Å². The minimum Gasteiger partial charge on any atom is -0.436 e. The highest BCUT2D eigenvalue weighted by molar-refractivity contribution is 5.93. The standard InChI is InChI=1S/C22H39N5O6/c1-21(2,3)11-14(27-19(31)15(22(4,5)6)33-20(24)32)18(30)26-13(16(23)28)10-12-8-7-9-25-17(12)29/h12-15H,7-11H2,1-6H3,(H2,23,28)(H2,24,32)(H,25,29)(H,26,30)(H,27,31). The second-order valence-electron chi connectivity index (χ2n) is 10.8. The van der Waals surface area contributed by atoms with Gasteiger partial charge in [-0.3, -0.25) is 19.2 Å². The van der Waals surface area contributed by atoms with Gasteiger partial charge in [0.05, 0.1) is 0 Å². The van der Waals surface area contributed by atoms with Crippen molar-refractivity contribution in [2.45, 2.75) is 85.4 Å². The molecule has 1 aliphatic heterocycles. The van der Waals surface area contributed by atoms with E-state index in [1.807, 2.05) is 20.8 Å². The molecule has 11 nitrogen and oxygen atoms in total. The van der Waals surface area contributed by atoms with Gasteiger partial charge in [0.1, 0.15) is 12.1 Å². The van der Waals surface area contributed by atoms with Gasteiger partial charge in [-0.05, 0) is 31.1 Å². The van der Waals surface area contributed by atoms with Crippen LogP contribution >= 0.6 is 0 Å². The van der Waals surface area contributed by atoms with E-state index in [9.17, 15) is 24.0 Å². The molecule has 0 aromatic carbocycles. The molecule has 1 heterocycles. The lowest BCUT2D eigenvalue weighted by Crippen LogP contribution is -2.57. The molecule has 0 saturated carbocycles. The molecule has 0 bridgehead atoms. The maximum Gasteiger partial charge on any atom is 0.405 e. The zero-order chi connectivity index (χ0) is 25.6. The summed E-state index contributed by atoms with van der Waals surface area (Å²) in [6.07, 6.45) is -0.686. The molecule has 188 valence electrons. The zero-order valence-corrected chi connectivity index (χ0v) is 20.4. The van der Waals surface area contributed by atoms with Crippen molar-refractivity contribution in [1.82, 2.24) is 16.0 Å². The van der Waals surface area contributed by atoms with E-state index in [1.165, 1.54) is 0 Å². The third kappa shape index (κ3) is 9.67. The van der Waals surface area contributed by atoms with Crippen molar-refractivity contribution in [1.29, 1.82) is 0 Å². The fourth-order valence-electron chi connectivity index (χ4n) is 3.67. The maximum atomic E-state index is 13.1. The van der Waals surface area contributed by atoms with E-state index in [4.69, 9.17) is 16.2 Å². The smallest absolute Gasteiger partial charge is 0.405 e. The number of primary amides is 2. The van der Waals surface area contributed by atoms with Crippen molar-refractivity contribution in [3.05, 3.63) is 0 Å². The Kier molecular flexibility index (Phi) is 9.68. The van der Waals surface area contributed by atoms with Crippen LogP contribution in [0.5, 0.6) is 0 Å². The Hall–Kier alpha value is -2.85. The van der Waals surface area contributed by atoms with Gasteiger partial charge in [-0.15, -0.1) is 0 Å². The predicted octanol–water partition coefficient (Wildman–Crippen LogP) is 0.304. The van der Waals surface area contributed by atoms with Gasteiger partial charge in [0.15, 0.2) is 6.10 Å². The van der Waals surface area contributed by atoms with E-state index in [-0.39, 0.29) is 24.2 Å². The number of nitrogens with two attached hydrogens (primary N) is 2. The lowest BCUT2D eigenvalue weighted by molar-refractivity contribution is -0.139. The minimum atomic E-state index is -1.23. The summed E-state index contributed by atoms with van der Waals surface area (Å²) < 4.78 is 5.00. The largest absolute Gasteiger partial charge is 0.436 e. The first kappa shape index (κ1) is 28.2. The van der Waals surface area contributed by atoms with E-state index in [2.05, 4.69) is 16.0 Å². The van der Waals surface area contributed by atoms with Crippen molar-refractivity contribution < 1.29 is 28.7 Å². The molecular weight excluding hydrogens is 430 g/mol. The van der Waals surface area contributed by atoms with Crippen LogP contribution in [0.2, 0.25) is 0 Å². The first-order valence-corrected chi connectivity index (χ1v) is 11.1. The Bertz CT molecular complexity index is 755. The maximum absolute atomic E-state index is 13.1. The van der Waals surface area contributed by atoms with Gasteiger partial charge in [0, 0.05) is 17.9 Å². The van der Waals surface area contributed by atoms with E-state index in [0.717, 1.165) is 6.42 Å². The van der Waals surface area contributed by atoms with E-state index in [1.54, 1.807) is 20.8 Å². The molecule has 0 radical (unpaired) electrons. The Morgan fingerprint density at radius 1 is 1.03 bits per heavy atom. The van der Waals surface area contributed by atoms with Gasteiger partial charge in [0.25, 0.3) is 5.91 Å². The molecule has 0 aliphatic carbocycles. The quantitative estimate of drug-likeness (QED) is 0.323. The fourth-order valence-corrected chi connectivity index (χ4v) is 3.67. The first-order chi connectivity index (χ1) is 15.0. The summed E-state index contributed by atoms with van der Waals surface area (Å²) in [6, 6.07) is -2.12. The first-order valence-electron chi connectivity index (χ1n) is 11.1. The lowest BCUT2D eigenvalue weighted by Gasteiger charge is -2.32. The van der Waals surface area contributed by atoms with E-state index >= 15 is 0 Å². The second-order valence-corrected chi connectivity index (χ2v) is 10.8. The molecule has 0 aromatic rings. The van der Waals surface area contributed by atoms with Crippen LogP contribution in [-0.4, -0.2) is 54.5 Å². The van der Waals surface area contributed by atoms with Gasteiger partial charge in [-0.1, -0.05) is 41.5 Å². The number of hydrogen-bond acceptors (Lipinski definition) is 6. The number of carbonyl (C=O) groups is 5. The third-order valence-corrected chi connectivity index (χ3v) is 5.29. The Morgan fingerprint density at radius 2 is 1.61 bits per heavy atom. The average Bonchev–Trinajstić information content (AvgIpc) is 2.64. The zero-order valence-electron chi connectivity index (χ0n) is 20.4. The predicted molar refractivity (Wildman–Crippen MR) is 121 cm³/mol. The fraction of sp³-hybridized carbons (Fsp3) is 0.773. The van der Waals surface area contributed by atoms with Crippen LogP contribution in [-0.2, 0) is 23.9 Å². The molecule has 1 fully saturated rings. The highest BCUT2D eigenvalue weighted by Crippen LogP contribution is 2.25. The topological polar surface area (TPSA) is 183 Å². The molecule has 5 amide bonds. The number of nitrogens with one attached hydrogen (secondary N) is 3. The molecule has 4 atom stereocenters. The average molecular weight is 470 g/mol. The highest BCUT2D eigenvalue weighted by atomic mass is 16.6. The van der Waals surface area contributed by atoms with Crippen molar-refractivity contribution >= 4 is 29.7 Å². The summed E-state index contributed by atoms with van der Waals surface area (Å²) in [5.74, 6) is -2.70. The Balaban J connectivity index is 3.04. The third-order valence-electron chi connectivity index (χ3n) is 5.29. The molecule has 1 aliphatic rings. The highest BCUT2D eigenvalue weighted by Gasteiger charge is 2.38. The van der Waals surface area contributed by atoms with Gasteiger partial charge < -0.3 is 32.2 Å². The van der Waals surface area contributed by atoms with Gasteiger partial charge in [-0.2, -0.15) is 0 Å². The number of rotatable bonds is 9. The van der Waals surface area contributed by atoms with Crippen LogP contribution in [0.1, 0.15) is 67.2 Å². The second kappa shape index (κ2) is 11.3. The number of piperidine rings is 1. The molecule has 33 heavy (non-hydrogen) atoms. The van der Waals surface area contributed by atoms with Crippen LogP contribution in [0.15, 0.2) is 0 Å². The van der Waals surface area contributed by atoms with Gasteiger partial charge in [-0.25, -0.2) is 4.79 Å². The summed E-state index contributed by atoms with van der Waals surface area (Å²) in [4.78, 5) is 61.5.